The minimum atomic E-state index is -4.75. The van der Waals surface area contributed by atoms with Gasteiger partial charge in [-0.05, 0) is 0 Å². The Morgan fingerprint density at radius 1 is 1.47 bits per heavy atom. The summed E-state index contributed by atoms with van der Waals surface area (Å²) in [5.41, 5.74) is -1.94. The lowest BCUT2D eigenvalue weighted by molar-refractivity contribution is -0.143. The molecule has 1 aromatic rings. The van der Waals surface area contributed by atoms with E-state index in [2.05, 4.69) is 17.7 Å². The second-order valence-corrected chi connectivity index (χ2v) is 4.09. The molecule has 0 amide bonds. The zero-order valence-corrected chi connectivity index (χ0v) is 10.3. The predicted molar refractivity (Wildman–Crippen MR) is 58.0 cm³/mol. The maximum Gasteiger partial charge on any atom is 0.435 e. The van der Waals surface area contributed by atoms with Crippen LogP contribution in [-0.4, -0.2) is 31.9 Å². The minimum Gasteiger partial charge on any atom is -0.389 e. The third-order valence-electron chi connectivity index (χ3n) is 2.13. The van der Waals surface area contributed by atoms with Crippen LogP contribution < -0.4 is 0 Å². The van der Waals surface area contributed by atoms with Gasteiger partial charge < -0.3 is 10.2 Å². The van der Waals surface area contributed by atoms with E-state index in [4.69, 9.17) is 11.6 Å². The van der Waals surface area contributed by atoms with Crippen LogP contribution in [0.25, 0.3) is 0 Å². The molecule has 0 fully saturated rings. The van der Waals surface area contributed by atoms with Gasteiger partial charge in [-0.2, -0.15) is 30.9 Å². The van der Waals surface area contributed by atoms with Gasteiger partial charge in [-0.25, -0.2) is 0 Å². The van der Waals surface area contributed by atoms with Crippen LogP contribution in [0.3, 0.4) is 0 Å². The summed E-state index contributed by atoms with van der Waals surface area (Å²) < 4.78 is 38.7. The summed E-state index contributed by atoms with van der Waals surface area (Å²) in [6.45, 7) is 0. The van der Waals surface area contributed by atoms with Crippen molar-refractivity contribution in [3.8, 4) is 0 Å². The molecule has 2 N–H and O–H groups in total. The smallest absolute Gasteiger partial charge is 0.389 e. The average molecular weight is 291 g/mol. The van der Waals surface area contributed by atoms with E-state index in [-0.39, 0.29) is 10.9 Å². The van der Waals surface area contributed by atoms with Crippen molar-refractivity contribution in [3.05, 3.63) is 16.4 Å². The molecule has 0 bridgehead atoms. The highest BCUT2D eigenvalue weighted by Gasteiger charge is 2.41. The summed E-state index contributed by atoms with van der Waals surface area (Å²) >= 11 is 9.31. The van der Waals surface area contributed by atoms with Crippen LogP contribution in [0, 0.1) is 0 Å². The van der Waals surface area contributed by atoms with Gasteiger partial charge in [0.25, 0.3) is 0 Å². The van der Waals surface area contributed by atoms with E-state index >= 15 is 0 Å². The fraction of sp³-hybridized carbons (Fsp3) is 0.625. The van der Waals surface area contributed by atoms with Crippen LogP contribution in [0.5, 0.6) is 0 Å². The predicted octanol–water partition coefficient (Wildman–Crippen LogP) is 1.42. The van der Waals surface area contributed by atoms with Gasteiger partial charge in [-0.1, -0.05) is 11.6 Å². The molecule has 17 heavy (non-hydrogen) atoms. The minimum absolute atomic E-state index is 0.205. The second kappa shape index (κ2) is 5.05. The third-order valence-corrected chi connectivity index (χ3v) is 2.95. The van der Waals surface area contributed by atoms with E-state index in [1.165, 1.54) is 7.05 Å². The van der Waals surface area contributed by atoms with Gasteiger partial charge in [-0.3, -0.25) is 4.68 Å². The number of nitrogens with zero attached hydrogens (tertiary/aromatic N) is 2. The third kappa shape index (κ3) is 2.87. The quantitative estimate of drug-likeness (QED) is 0.738. The van der Waals surface area contributed by atoms with Gasteiger partial charge in [-0.15, -0.1) is 0 Å². The fourth-order valence-corrected chi connectivity index (χ4v) is 1.72. The first-order valence-electron chi connectivity index (χ1n) is 4.46. The lowest BCUT2D eigenvalue weighted by Gasteiger charge is -2.17. The second-order valence-electron chi connectivity index (χ2n) is 3.37. The van der Waals surface area contributed by atoms with Crippen molar-refractivity contribution in [1.29, 1.82) is 0 Å². The Balaban J connectivity index is 3.31. The molecule has 0 spiro atoms. The molecule has 98 valence electrons. The summed E-state index contributed by atoms with van der Waals surface area (Å²) in [5, 5.41) is 21.7. The van der Waals surface area contributed by atoms with Gasteiger partial charge in [0, 0.05) is 12.8 Å². The first-order valence-corrected chi connectivity index (χ1v) is 5.47. The van der Waals surface area contributed by atoms with E-state index in [0.717, 1.165) is 4.68 Å². The fourth-order valence-electron chi connectivity index (χ4n) is 1.28. The van der Waals surface area contributed by atoms with Crippen molar-refractivity contribution >= 4 is 24.2 Å². The average Bonchev–Trinajstić information content (AvgIpc) is 2.53. The van der Waals surface area contributed by atoms with Crippen LogP contribution in [0.2, 0.25) is 5.15 Å². The molecule has 9 heteroatoms. The summed E-state index contributed by atoms with van der Waals surface area (Å²) in [4.78, 5) is 0. The van der Waals surface area contributed by atoms with E-state index in [9.17, 15) is 23.4 Å². The number of hydrogen-bond acceptors (Lipinski definition) is 4. The maximum absolute atomic E-state index is 12.6. The van der Waals surface area contributed by atoms with Gasteiger partial charge in [0.1, 0.15) is 11.3 Å². The van der Waals surface area contributed by atoms with Gasteiger partial charge in [0.15, 0.2) is 5.69 Å². The summed E-state index contributed by atoms with van der Waals surface area (Å²) in [7, 11) is 1.21. The molecule has 1 aromatic heterocycles. The molecule has 0 aliphatic heterocycles. The number of rotatable bonds is 3. The molecule has 0 aliphatic carbocycles. The summed E-state index contributed by atoms with van der Waals surface area (Å²) in [6, 6.07) is 0. The molecule has 1 heterocycles. The van der Waals surface area contributed by atoms with Gasteiger partial charge in [0.2, 0.25) is 0 Å². The molecule has 1 rings (SSSR count). The molecule has 2 unspecified atom stereocenters. The van der Waals surface area contributed by atoms with Gasteiger partial charge in [0.05, 0.1) is 11.7 Å². The van der Waals surface area contributed by atoms with E-state index in [1.54, 1.807) is 0 Å². The van der Waals surface area contributed by atoms with Crippen LogP contribution >= 0.6 is 24.2 Å². The number of aryl methyl sites for hydroxylation is 1. The number of halogens is 4. The molecule has 0 saturated heterocycles. The molecule has 4 nitrogen and oxygen atoms in total. The zero-order valence-electron chi connectivity index (χ0n) is 8.61. The Morgan fingerprint density at radius 2 is 2.00 bits per heavy atom. The molecule has 0 aliphatic rings. The first kappa shape index (κ1) is 14.6. The molecular weight excluding hydrogens is 281 g/mol. The van der Waals surface area contributed by atoms with Crippen molar-refractivity contribution in [2.45, 2.75) is 18.4 Å². The van der Waals surface area contributed by atoms with Crippen molar-refractivity contribution < 1.29 is 23.4 Å². The number of alkyl halides is 3. The van der Waals surface area contributed by atoms with Crippen molar-refractivity contribution in [2.24, 2.45) is 7.05 Å². The van der Waals surface area contributed by atoms with Crippen LogP contribution in [-0.2, 0) is 13.2 Å². The summed E-state index contributed by atoms with van der Waals surface area (Å²) in [5.74, 6) is -0.205. The zero-order chi connectivity index (χ0) is 13.4. The van der Waals surface area contributed by atoms with E-state index in [1.807, 2.05) is 0 Å². The number of thiol groups is 1. The van der Waals surface area contributed by atoms with E-state index in [0.29, 0.717) is 0 Å². The number of aromatic nitrogens is 2. The standard InChI is InChI=1S/C8H10ClF3N2O2S/c1-14-7(9)4(5(16)3(15)2-17)6(13-14)8(10,11)12/h3,5,15-17H,2H2,1H3. The van der Waals surface area contributed by atoms with Crippen LogP contribution in [0.15, 0.2) is 0 Å². The van der Waals surface area contributed by atoms with Crippen molar-refractivity contribution in [2.75, 3.05) is 5.75 Å². The number of aliphatic hydroxyl groups is 2. The SMILES string of the molecule is Cn1nc(C(F)(F)F)c(C(O)C(O)CS)c1Cl. The number of aliphatic hydroxyl groups excluding tert-OH is 2. The normalized spacial score (nSPS) is 16.0. The molecule has 0 radical (unpaired) electrons. The Morgan fingerprint density at radius 3 is 2.41 bits per heavy atom. The molecular formula is C8H10ClF3N2O2S. The summed E-state index contributed by atoms with van der Waals surface area (Å²) in [6.07, 6.45) is -8.00. The largest absolute Gasteiger partial charge is 0.435 e. The lowest BCUT2D eigenvalue weighted by Crippen LogP contribution is -2.22. The Hall–Kier alpha value is -0.440. The van der Waals surface area contributed by atoms with Crippen LogP contribution in [0.1, 0.15) is 17.4 Å². The maximum atomic E-state index is 12.6. The topological polar surface area (TPSA) is 58.3 Å². The highest BCUT2D eigenvalue weighted by atomic mass is 35.5. The highest BCUT2D eigenvalue weighted by molar-refractivity contribution is 7.80. The Bertz CT molecular complexity index is 410. The Kier molecular flexibility index (Phi) is 4.34. The molecule has 2 atom stereocenters. The first-order chi connectivity index (χ1) is 7.70. The monoisotopic (exact) mass is 290 g/mol. The highest BCUT2D eigenvalue weighted by Crippen LogP contribution is 2.38. The Labute approximate surface area is 105 Å². The molecule has 0 aromatic carbocycles. The van der Waals surface area contributed by atoms with Crippen molar-refractivity contribution in [3.63, 3.8) is 0 Å². The van der Waals surface area contributed by atoms with Crippen LogP contribution in [0.4, 0.5) is 13.2 Å². The lowest BCUT2D eigenvalue weighted by atomic mass is 10.1. The molecule has 0 saturated carbocycles. The van der Waals surface area contributed by atoms with E-state index < -0.39 is 29.6 Å². The van der Waals surface area contributed by atoms with Gasteiger partial charge >= 0.3 is 6.18 Å². The number of hydrogen-bond donors (Lipinski definition) is 3. The van der Waals surface area contributed by atoms with Crippen molar-refractivity contribution in [1.82, 2.24) is 9.78 Å².